The van der Waals surface area contributed by atoms with Gasteiger partial charge in [0.05, 0.1) is 21.8 Å². The van der Waals surface area contributed by atoms with Crippen molar-refractivity contribution in [3.63, 3.8) is 0 Å². The molecule has 0 spiro atoms. The molecule has 0 saturated carbocycles. The summed E-state index contributed by atoms with van der Waals surface area (Å²) in [7, 11) is 0. The van der Waals surface area contributed by atoms with Crippen molar-refractivity contribution in [3.05, 3.63) is 94.5 Å². The smallest absolute Gasteiger partial charge is 0.301 e. The first kappa shape index (κ1) is 20.3. The Morgan fingerprint density at radius 2 is 1.91 bits per heavy atom. The van der Waals surface area contributed by atoms with Gasteiger partial charge in [-0.3, -0.25) is 19.5 Å². The average molecular weight is 466 g/mol. The third kappa shape index (κ3) is 3.34. The van der Waals surface area contributed by atoms with E-state index in [1.807, 2.05) is 0 Å². The highest BCUT2D eigenvalue weighted by atomic mass is 35.5. The average Bonchev–Trinajstić information content (AvgIpc) is 3.32. The number of aromatic nitrogens is 2. The minimum atomic E-state index is -0.954. The lowest BCUT2D eigenvalue weighted by Crippen LogP contribution is -2.29. The third-order valence-electron chi connectivity index (χ3n) is 5.11. The van der Waals surface area contributed by atoms with Crippen molar-refractivity contribution >= 4 is 55.7 Å². The van der Waals surface area contributed by atoms with E-state index in [0.717, 1.165) is 4.70 Å². The van der Waals surface area contributed by atoms with Crippen molar-refractivity contribution in [2.75, 3.05) is 4.90 Å². The fraction of sp³-hybridized carbons (Fsp3) is 0.0435. The molecule has 1 saturated heterocycles. The molecule has 5 rings (SSSR count). The van der Waals surface area contributed by atoms with Gasteiger partial charge in [-0.15, -0.1) is 0 Å². The van der Waals surface area contributed by atoms with Crippen LogP contribution in [0.3, 0.4) is 0 Å². The minimum Gasteiger partial charge on any atom is -0.507 e. The molecule has 2 aromatic carbocycles. The first-order valence-electron chi connectivity index (χ1n) is 9.47. The Bertz CT molecular complexity index is 1400. The monoisotopic (exact) mass is 465 g/mol. The van der Waals surface area contributed by atoms with Gasteiger partial charge in [0, 0.05) is 23.0 Å². The molecule has 6 nitrogen and oxygen atoms in total. The SMILES string of the molecule is O=C1C(=O)N(c2nc3ccc(Cl)cc3s2)C(c2cccnc2)C1=C(O)c1ccc(F)cc1. The number of fused-ring (bicyclic) bond motifs is 1. The molecule has 1 N–H and O–H groups in total. The number of amides is 1. The molecule has 2 aromatic heterocycles. The Balaban J connectivity index is 1.72. The summed E-state index contributed by atoms with van der Waals surface area (Å²) in [5.74, 6) is -2.58. The van der Waals surface area contributed by atoms with Gasteiger partial charge in [0.2, 0.25) is 0 Å². The number of hydrogen-bond donors (Lipinski definition) is 1. The summed E-state index contributed by atoms with van der Waals surface area (Å²) in [6, 6.07) is 12.6. The Morgan fingerprint density at radius 3 is 2.62 bits per heavy atom. The lowest BCUT2D eigenvalue weighted by atomic mass is 9.96. The number of Topliss-reactive ketones (excluding diaryl/α,β-unsaturated/α-hetero) is 1. The van der Waals surface area contributed by atoms with Crippen LogP contribution in [0.4, 0.5) is 9.52 Å². The quantitative estimate of drug-likeness (QED) is 0.258. The van der Waals surface area contributed by atoms with Crippen molar-refractivity contribution < 1.29 is 19.1 Å². The van der Waals surface area contributed by atoms with Gasteiger partial charge in [0.1, 0.15) is 11.6 Å². The first-order valence-corrected chi connectivity index (χ1v) is 10.7. The van der Waals surface area contributed by atoms with Gasteiger partial charge in [-0.05, 0) is 54.1 Å². The van der Waals surface area contributed by atoms with Gasteiger partial charge in [0.15, 0.2) is 5.13 Å². The molecule has 32 heavy (non-hydrogen) atoms. The van der Waals surface area contributed by atoms with E-state index in [1.54, 1.807) is 36.5 Å². The van der Waals surface area contributed by atoms with E-state index in [2.05, 4.69) is 9.97 Å². The molecule has 3 heterocycles. The molecule has 1 fully saturated rings. The number of halogens is 2. The molecule has 1 unspecified atom stereocenters. The Labute approximate surface area is 190 Å². The number of thiazole rings is 1. The zero-order chi connectivity index (χ0) is 22.4. The lowest BCUT2D eigenvalue weighted by molar-refractivity contribution is -0.132. The van der Waals surface area contributed by atoms with Crippen LogP contribution in [-0.4, -0.2) is 26.8 Å². The maximum absolute atomic E-state index is 13.4. The number of aliphatic hydroxyl groups excluding tert-OH is 1. The van der Waals surface area contributed by atoms with Crippen LogP contribution in [0.5, 0.6) is 0 Å². The van der Waals surface area contributed by atoms with Crippen molar-refractivity contribution in [1.29, 1.82) is 0 Å². The highest BCUT2D eigenvalue weighted by Gasteiger charge is 2.48. The van der Waals surface area contributed by atoms with Gasteiger partial charge in [-0.1, -0.05) is 29.0 Å². The van der Waals surface area contributed by atoms with Gasteiger partial charge < -0.3 is 5.11 Å². The molecule has 158 valence electrons. The zero-order valence-corrected chi connectivity index (χ0v) is 17.8. The number of rotatable bonds is 3. The molecular weight excluding hydrogens is 453 g/mol. The minimum absolute atomic E-state index is 0.119. The summed E-state index contributed by atoms with van der Waals surface area (Å²) < 4.78 is 14.1. The van der Waals surface area contributed by atoms with Crippen molar-refractivity contribution in [2.24, 2.45) is 0 Å². The van der Waals surface area contributed by atoms with Gasteiger partial charge in [0.25, 0.3) is 5.78 Å². The number of ketones is 1. The Kier molecular flexibility index (Phi) is 4.96. The second-order valence-electron chi connectivity index (χ2n) is 7.07. The van der Waals surface area contributed by atoms with E-state index >= 15 is 0 Å². The zero-order valence-electron chi connectivity index (χ0n) is 16.2. The number of hydrogen-bond acceptors (Lipinski definition) is 6. The van der Waals surface area contributed by atoms with E-state index in [4.69, 9.17) is 11.6 Å². The molecule has 1 atom stereocenters. The van der Waals surface area contributed by atoms with E-state index in [9.17, 15) is 19.1 Å². The highest BCUT2D eigenvalue weighted by Crippen LogP contribution is 2.44. The highest BCUT2D eigenvalue weighted by molar-refractivity contribution is 7.22. The topological polar surface area (TPSA) is 83.4 Å². The van der Waals surface area contributed by atoms with Crippen LogP contribution in [0.2, 0.25) is 5.02 Å². The van der Waals surface area contributed by atoms with Crippen LogP contribution >= 0.6 is 22.9 Å². The molecule has 1 amide bonds. The first-order chi connectivity index (χ1) is 15.4. The second kappa shape index (κ2) is 7.81. The number of aliphatic hydroxyl groups is 1. The standard InChI is InChI=1S/C23H13ClFN3O3S/c24-14-5-8-16-17(10-14)32-23(27-16)28-19(13-2-1-9-26-11-13)18(21(30)22(28)31)20(29)12-3-6-15(25)7-4-12/h1-11,19,29H. The molecule has 4 aromatic rings. The predicted octanol–water partition coefficient (Wildman–Crippen LogP) is 5.11. The number of carbonyl (C=O) groups excluding carboxylic acids is 2. The number of carbonyl (C=O) groups is 2. The maximum Gasteiger partial charge on any atom is 0.301 e. The van der Waals surface area contributed by atoms with E-state index in [0.29, 0.717) is 16.1 Å². The largest absolute Gasteiger partial charge is 0.507 e. The molecule has 0 bridgehead atoms. The summed E-state index contributed by atoms with van der Waals surface area (Å²) in [5.41, 5.74) is 1.24. The second-order valence-corrected chi connectivity index (χ2v) is 8.52. The van der Waals surface area contributed by atoms with Crippen LogP contribution < -0.4 is 4.90 Å². The number of nitrogens with zero attached hydrogens (tertiary/aromatic N) is 3. The normalized spacial score (nSPS) is 17.9. The maximum atomic E-state index is 13.4. The molecule has 0 aliphatic carbocycles. The fourth-order valence-corrected chi connectivity index (χ4v) is 4.90. The van der Waals surface area contributed by atoms with E-state index in [1.165, 1.54) is 46.7 Å². The molecule has 1 aliphatic rings. The Hall–Kier alpha value is -3.62. The van der Waals surface area contributed by atoms with E-state index < -0.39 is 29.3 Å². The van der Waals surface area contributed by atoms with Crippen LogP contribution in [0.25, 0.3) is 16.0 Å². The third-order valence-corrected chi connectivity index (χ3v) is 6.36. The predicted molar refractivity (Wildman–Crippen MR) is 120 cm³/mol. The number of anilines is 1. The summed E-state index contributed by atoms with van der Waals surface area (Å²) in [6.45, 7) is 0. The van der Waals surface area contributed by atoms with Gasteiger partial charge >= 0.3 is 5.91 Å². The molecule has 0 radical (unpaired) electrons. The lowest BCUT2D eigenvalue weighted by Gasteiger charge is -2.22. The Morgan fingerprint density at radius 1 is 1.12 bits per heavy atom. The molecular formula is C23H13ClFN3O3S. The summed E-state index contributed by atoms with van der Waals surface area (Å²) in [5, 5.41) is 11.8. The van der Waals surface area contributed by atoms with Crippen molar-refractivity contribution in [1.82, 2.24) is 9.97 Å². The van der Waals surface area contributed by atoms with Gasteiger partial charge in [-0.2, -0.15) is 0 Å². The number of benzene rings is 2. The summed E-state index contributed by atoms with van der Waals surface area (Å²) in [6.07, 6.45) is 3.08. The van der Waals surface area contributed by atoms with Crippen LogP contribution in [0.15, 0.2) is 72.6 Å². The molecule has 9 heteroatoms. The van der Waals surface area contributed by atoms with Crippen LogP contribution in [0, 0.1) is 5.82 Å². The van der Waals surface area contributed by atoms with E-state index in [-0.39, 0.29) is 16.3 Å². The molecule has 1 aliphatic heterocycles. The van der Waals surface area contributed by atoms with Crippen LogP contribution in [-0.2, 0) is 9.59 Å². The number of pyridine rings is 1. The van der Waals surface area contributed by atoms with Crippen molar-refractivity contribution in [2.45, 2.75) is 6.04 Å². The van der Waals surface area contributed by atoms with Crippen molar-refractivity contribution in [3.8, 4) is 0 Å². The van der Waals surface area contributed by atoms with Gasteiger partial charge in [-0.25, -0.2) is 9.37 Å². The summed E-state index contributed by atoms with van der Waals surface area (Å²) >= 11 is 7.28. The van der Waals surface area contributed by atoms with Crippen LogP contribution in [0.1, 0.15) is 17.2 Å². The summed E-state index contributed by atoms with van der Waals surface area (Å²) in [4.78, 5) is 36.1. The fourth-order valence-electron chi connectivity index (χ4n) is 3.64.